The number of carbonyl (C=O) groups is 2. The molecule has 1 atom stereocenters. The molecule has 0 amide bonds. The molecule has 1 aromatic carbocycles. The molecule has 0 saturated heterocycles. The molecule has 0 saturated carbocycles. The molecular formula is C13H17NO5. The average molecular weight is 267 g/mol. The lowest BCUT2D eigenvalue weighted by molar-refractivity contribution is -0.140. The van der Waals surface area contributed by atoms with Crippen molar-refractivity contribution in [3.05, 3.63) is 29.8 Å². The number of carboxylic acids is 2. The van der Waals surface area contributed by atoms with Crippen molar-refractivity contribution in [1.82, 2.24) is 5.32 Å². The average Bonchev–Trinajstić information content (AvgIpc) is 2.38. The van der Waals surface area contributed by atoms with Gasteiger partial charge in [-0.05, 0) is 12.5 Å². The SMILES string of the molecule is COc1ccccc1CN[C@@H](CCC(=O)O)C(=O)O. The Morgan fingerprint density at radius 2 is 2.00 bits per heavy atom. The van der Waals surface area contributed by atoms with Gasteiger partial charge in [-0.25, -0.2) is 0 Å². The lowest BCUT2D eigenvalue weighted by Gasteiger charge is -2.15. The standard InChI is InChI=1S/C13H17NO5/c1-19-11-5-3-2-4-9(11)8-14-10(13(17)18)6-7-12(15)16/h2-5,10,14H,6-8H2,1H3,(H,15,16)(H,17,18)/t10-/m0/s1. The van der Waals surface area contributed by atoms with Gasteiger partial charge in [0.15, 0.2) is 0 Å². The molecule has 0 aliphatic rings. The van der Waals surface area contributed by atoms with Crippen molar-refractivity contribution in [2.75, 3.05) is 7.11 Å². The first-order valence-corrected chi connectivity index (χ1v) is 5.84. The Bertz CT molecular complexity index is 446. The third-order valence-corrected chi connectivity index (χ3v) is 2.68. The highest BCUT2D eigenvalue weighted by atomic mass is 16.5. The largest absolute Gasteiger partial charge is 0.496 e. The zero-order valence-corrected chi connectivity index (χ0v) is 10.6. The Morgan fingerprint density at radius 3 is 2.58 bits per heavy atom. The first-order chi connectivity index (χ1) is 9.04. The molecule has 0 aliphatic carbocycles. The molecule has 0 fully saturated rings. The van der Waals surface area contributed by atoms with Crippen molar-refractivity contribution in [3.8, 4) is 5.75 Å². The summed E-state index contributed by atoms with van der Waals surface area (Å²) in [4.78, 5) is 21.5. The maximum atomic E-state index is 11.0. The maximum absolute atomic E-state index is 11.0. The van der Waals surface area contributed by atoms with E-state index in [1.165, 1.54) is 7.11 Å². The van der Waals surface area contributed by atoms with Crippen LogP contribution in [0.25, 0.3) is 0 Å². The zero-order valence-electron chi connectivity index (χ0n) is 10.6. The van der Waals surface area contributed by atoms with E-state index in [1.807, 2.05) is 18.2 Å². The summed E-state index contributed by atoms with van der Waals surface area (Å²) in [5.74, 6) is -1.40. The molecule has 0 spiro atoms. The summed E-state index contributed by atoms with van der Waals surface area (Å²) in [6.07, 6.45) is -0.143. The lowest BCUT2D eigenvalue weighted by Crippen LogP contribution is -2.36. The molecule has 1 rings (SSSR count). The van der Waals surface area contributed by atoms with Crippen LogP contribution >= 0.6 is 0 Å². The number of nitrogens with one attached hydrogen (secondary N) is 1. The molecule has 3 N–H and O–H groups in total. The van der Waals surface area contributed by atoms with Crippen LogP contribution in [0.15, 0.2) is 24.3 Å². The van der Waals surface area contributed by atoms with Crippen molar-refractivity contribution in [2.45, 2.75) is 25.4 Å². The molecule has 19 heavy (non-hydrogen) atoms. The van der Waals surface area contributed by atoms with E-state index in [4.69, 9.17) is 14.9 Å². The molecule has 1 aromatic rings. The monoisotopic (exact) mass is 267 g/mol. The Balaban J connectivity index is 2.60. The highest BCUT2D eigenvalue weighted by Gasteiger charge is 2.18. The number of hydrogen-bond donors (Lipinski definition) is 3. The molecule has 0 aromatic heterocycles. The Labute approximate surface area is 111 Å². The van der Waals surface area contributed by atoms with Crippen LogP contribution in [-0.2, 0) is 16.1 Å². The number of benzene rings is 1. The molecule has 6 nitrogen and oxygen atoms in total. The van der Waals surface area contributed by atoms with E-state index in [-0.39, 0.29) is 12.8 Å². The van der Waals surface area contributed by atoms with E-state index in [0.717, 1.165) is 5.56 Å². The highest BCUT2D eigenvalue weighted by molar-refractivity contribution is 5.75. The summed E-state index contributed by atoms with van der Waals surface area (Å²) in [5.41, 5.74) is 0.826. The second kappa shape index (κ2) is 7.38. The third kappa shape index (κ3) is 4.97. The molecule has 0 radical (unpaired) electrons. The number of hydrogen-bond acceptors (Lipinski definition) is 4. The van der Waals surface area contributed by atoms with Crippen molar-refractivity contribution in [1.29, 1.82) is 0 Å². The summed E-state index contributed by atoms with van der Waals surface area (Å²) in [5, 5.41) is 20.4. The first kappa shape index (κ1) is 15.0. The highest BCUT2D eigenvalue weighted by Crippen LogP contribution is 2.17. The number of aliphatic carboxylic acids is 2. The van der Waals surface area contributed by atoms with Gasteiger partial charge in [0.2, 0.25) is 0 Å². The normalized spacial score (nSPS) is 11.8. The van der Waals surface area contributed by atoms with Gasteiger partial charge < -0.3 is 20.3 Å². The van der Waals surface area contributed by atoms with Gasteiger partial charge >= 0.3 is 11.9 Å². The zero-order chi connectivity index (χ0) is 14.3. The van der Waals surface area contributed by atoms with Crippen molar-refractivity contribution >= 4 is 11.9 Å². The molecule has 0 unspecified atom stereocenters. The van der Waals surface area contributed by atoms with Gasteiger partial charge in [-0.1, -0.05) is 18.2 Å². The van der Waals surface area contributed by atoms with Crippen LogP contribution in [0, 0.1) is 0 Å². The Hall–Kier alpha value is -2.08. The van der Waals surface area contributed by atoms with Crippen molar-refractivity contribution in [3.63, 3.8) is 0 Å². The van der Waals surface area contributed by atoms with Crippen LogP contribution in [0.1, 0.15) is 18.4 Å². The van der Waals surface area contributed by atoms with E-state index < -0.39 is 18.0 Å². The summed E-state index contributed by atoms with van der Waals surface area (Å²) < 4.78 is 5.15. The van der Waals surface area contributed by atoms with E-state index in [0.29, 0.717) is 12.3 Å². The maximum Gasteiger partial charge on any atom is 0.320 e. The number of para-hydroxylation sites is 1. The number of carboxylic acid groups (broad SMARTS) is 2. The third-order valence-electron chi connectivity index (χ3n) is 2.68. The fourth-order valence-electron chi connectivity index (χ4n) is 1.66. The van der Waals surface area contributed by atoms with Gasteiger partial charge in [0, 0.05) is 18.5 Å². The second-order valence-corrected chi connectivity index (χ2v) is 4.02. The predicted octanol–water partition coefficient (Wildman–Crippen LogP) is 1.10. The minimum Gasteiger partial charge on any atom is -0.496 e. The first-order valence-electron chi connectivity index (χ1n) is 5.84. The molecular weight excluding hydrogens is 250 g/mol. The molecule has 0 heterocycles. The fraction of sp³-hybridized carbons (Fsp3) is 0.385. The quantitative estimate of drug-likeness (QED) is 0.653. The van der Waals surface area contributed by atoms with Crippen LogP contribution in [0.2, 0.25) is 0 Å². The lowest BCUT2D eigenvalue weighted by atomic mass is 10.1. The minimum atomic E-state index is -1.06. The van der Waals surface area contributed by atoms with Crippen LogP contribution < -0.4 is 10.1 Å². The van der Waals surface area contributed by atoms with Crippen LogP contribution in [0.4, 0.5) is 0 Å². The summed E-state index contributed by atoms with van der Waals surface area (Å²) in [6.45, 7) is 0.306. The Kier molecular flexibility index (Phi) is 5.81. The van der Waals surface area contributed by atoms with Gasteiger partial charge in [0.05, 0.1) is 7.11 Å². The van der Waals surface area contributed by atoms with Crippen LogP contribution in [0.3, 0.4) is 0 Å². The number of rotatable bonds is 8. The molecule has 6 heteroatoms. The summed E-state index contributed by atoms with van der Waals surface area (Å²) in [6, 6.07) is 6.36. The van der Waals surface area contributed by atoms with E-state index in [9.17, 15) is 9.59 Å². The fourth-order valence-corrected chi connectivity index (χ4v) is 1.66. The van der Waals surface area contributed by atoms with Gasteiger partial charge in [-0.2, -0.15) is 0 Å². The topological polar surface area (TPSA) is 95.9 Å². The van der Waals surface area contributed by atoms with E-state index in [2.05, 4.69) is 5.32 Å². The van der Waals surface area contributed by atoms with Gasteiger partial charge in [0.25, 0.3) is 0 Å². The van der Waals surface area contributed by atoms with E-state index in [1.54, 1.807) is 6.07 Å². The van der Waals surface area contributed by atoms with Gasteiger partial charge in [-0.15, -0.1) is 0 Å². The van der Waals surface area contributed by atoms with Gasteiger partial charge in [0.1, 0.15) is 11.8 Å². The van der Waals surface area contributed by atoms with E-state index >= 15 is 0 Å². The van der Waals surface area contributed by atoms with Gasteiger partial charge in [-0.3, -0.25) is 9.59 Å². The predicted molar refractivity (Wildman–Crippen MR) is 68.1 cm³/mol. The minimum absolute atomic E-state index is 0.0415. The second-order valence-electron chi connectivity index (χ2n) is 4.02. The summed E-state index contributed by atoms with van der Waals surface area (Å²) in [7, 11) is 1.54. The number of methoxy groups -OCH3 is 1. The van der Waals surface area contributed by atoms with Crippen LogP contribution in [-0.4, -0.2) is 35.3 Å². The van der Waals surface area contributed by atoms with Crippen molar-refractivity contribution in [2.24, 2.45) is 0 Å². The number of ether oxygens (including phenoxy) is 1. The molecule has 0 bridgehead atoms. The summed E-state index contributed by atoms with van der Waals surface area (Å²) >= 11 is 0. The smallest absolute Gasteiger partial charge is 0.320 e. The molecule has 104 valence electrons. The molecule has 0 aliphatic heterocycles. The Morgan fingerprint density at radius 1 is 1.32 bits per heavy atom. The van der Waals surface area contributed by atoms with Crippen LogP contribution in [0.5, 0.6) is 5.75 Å². The van der Waals surface area contributed by atoms with Crippen molar-refractivity contribution < 1.29 is 24.5 Å².